The van der Waals surface area contributed by atoms with Gasteiger partial charge in [-0.3, -0.25) is 0 Å². The van der Waals surface area contributed by atoms with Crippen molar-refractivity contribution in [3.63, 3.8) is 0 Å². The quantitative estimate of drug-likeness (QED) is 0.824. The van der Waals surface area contributed by atoms with Gasteiger partial charge in [0.1, 0.15) is 5.75 Å². The molecule has 2 atom stereocenters. The molecule has 0 spiro atoms. The molecule has 0 saturated carbocycles. The van der Waals surface area contributed by atoms with E-state index >= 15 is 0 Å². The Morgan fingerprint density at radius 3 is 2.62 bits per heavy atom. The zero-order valence-corrected chi connectivity index (χ0v) is 13.8. The van der Waals surface area contributed by atoms with Crippen molar-refractivity contribution >= 4 is 0 Å². The minimum absolute atomic E-state index is 0.0426. The molecule has 0 aromatic heterocycles. The Labute approximate surface area is 140 Å². The van der Waals surface area contributed by atoms with Gasteiger partial charge in [0.05, 0.1) is 32.3 Å². The number of β-amino-alcohol motifs (C(OH)–C–C–N with tert-alkyl or cyclic N) is 1. The number of halogens is 3. The fourth-order valence-electron chi connectivity index (χ4n) is 2.87. The normalized spacial score (nSPS) is 20.8. The second-order valence-electron chi connectivity index (χ2n) is 6.16. The summed E-state index contributed by atoms with van der Waals surface area (Å²) >= 11 is 0. The summed E-state index contributed by atoms with van der Waals surface area (Å²) in [5.41, 5.74) is 0.943. The Morgan fingerprint density at radius 2 is 2.00 bits per heavy atom. The molecule has 136 valence electrons. The van der Waals surface area contributed by atoms with Crippen molar-refractivity contribution in [2.75, 3.05) is 33.4 Å². The van der Waals surface area contributed by atoms with Crippen molar-refractivity contribution in [1.29, 1.82) is 0 Å². The first-order valence-electron chi connectivity index (χ1n) is 8.06. The summed E-state index contributed by atoms with van der Waals surface area (Å²) < 4.78 is 48.8. The molecule has 2 rings (SSSR count). The highest BCUT2D eigenvalue weighted by atomic mass is 19.4. The Kier molecular flexibility index (Phi) is 6.89. The third-order valence-electron chi connectivity index (χ3n) is 4.18. The Balaban J connectivity index is 1.69. The summed E-state index contributed by atoms with van der Waals surface area (Å²) in [4.78, 5) is 1.67. The number of likely N-dealkylation sites (tertiary alicyclic amines) is 1. The van der Waals surface area contributed by atoms with E-state index in [-0.39, 0.29) is 26.1 Å². The summed E-state index contributed by atoms with van der Waals surface area (Å²) in [6.07, 6.45) is -4.28. The minimum atomic E-state index is -4.16. The molecule has 1 heterocycles. The van der Waals surface area contributed by atoms with E-state index in [0.29, 0.717) is 19.6 Å². The van der Waals surface area contributed by atoms with Crippen LogP contribution in [0.5, 0.6) is 5.75 Å². The van der Waals surface area contributed by atoms with E-state index in [0.717, 1.165) is 11.3 Å². The van der Waals surface area contributed by atoms with Crippen LogP contribution in [0.15, 0.2) is 24.3 Å². The molecule has 4 nitrogen and oxygen atoms in total. The van der Waals surface area contributed by atoms with Gasteiger partial charge < -0.3 is 19.5 Å². The number of benzene rings is 1. The molecule has 0 bridgehead atoms. The Bertz CT molecular complexity index is 493. The van der Waals surface area contributed by atoms with E-state index in [1.165, 1.54) is 0 Å². The van der Waals surface area contributed by atoms with Crippen LogP contribution in [-0.4, -0.2) is 55.6 Å². The fourth-order valence-corrected chi connectivity index (χ4v) is 2.87. The first-order valence-corrected chi connectivity index (χ1v) is 8.06. The van der Waals surface area contributed by atoms with Crippen LogP contribution in [-0.2, 0) is 11.3 Å². The predicted octanol–water partition coefficient (Wildman–Crippen LogP) is 2.85. The molecule has 0 radical (unpaired) electrons. The summed E-state index contributed by atoms with van der Waals surface area (Å²) in [6, 6.07) is 7.37. The summed E-state index contributed by atoms with van der Waals surface area (Å²) in [6.45, 7) is 1.18. The average molecular weight is 347 g/mol. The van der Waals surface area contributed by atoms with Gasteiger partial charge in [-0.25, -0.2) is 0 Å². The van der Waals surface area contributed by atoms with Crippen LogP contribution in [0, 0.1) is 5.92 Å². The molecular weight excluding hydrogens is 323 g/mol. The highest BCUT2D eigenvalue weighted by Crippen LogP contribution is 2.33. The number of ether oxygens (including phenoxy) is 2. The number of hydrogen-bond donors (Lipinski definition) is 1. The lowest BCUT2D eigenvalue weighted by Crippen LogP contribution is -2.45. The second kappa shape index (κ2) is 8.69. The van der Waals surface area contributed by atoms with Crippen molar-refractivity contribution in [2.45, 2.75) is 31.7 Å². The molecule has 1 aromatic carbocycles. The molecule has 1 aromatic rings. The van der Waals surface area contributed by atoms with Gasteiger partial charge in [-0.2, -0.15) is 13.2 Å². The van der Waals surface area contributed by atoms with Crippen molar-refractivity contribution in [3.8, 4) is 5.75 Å². The monoisotopic (exact) mass is 347 g/mol. The molecule has 24 heavy (non-hydrogen) atoms. The van der Waals surface area contributed by atoms with Gasteiger partial charge in [-0.05, 0) is 37.1 Å². The number of alkyl halides is 3. The van der Waals surface area contributed by atoms with Crippen LogP contribution in [0.3, 0.4) is 0 Å². The van der Waals surface area contributed by atoms with Crippen LogP contribution in [0.4, 0.5) is 13.2 Å². The molecule has 0 aliphatic carbocycles. The smallest absolute Gasteiger partial charge is 0.393 e. The number of rotatable bonds is 7. The van der Waals surface area contributed by atoms with E-state index in [2.05, 4.69) is 0 Å². The maximum Gasteiger partial charge on any atom is 0.393 e. The summed E-state index contributed by atoms with van der Waals surface area (Å²) in [5, 5.41) is 9.98. The highest BCUT2D eigenvalue weighted by Gasteiger charge is 2.41. The standard InChI is InChI=1S/C17H24F3NO3/c1-23-16-6-4-13(5-7-16)11-24-12-15(22)10-21-8-2-3-14(9-21)17(18,19)20/h4-7,14-15,22H,2-3,8-12H2,1H3/t14-,15-/m0/s1. The zero-order valence-electron chi connectivity index (χ0n) is 13.8. The molecule has 1 fully saturated rings. The maximum absolute atomic E-state index is 12.8. The average Bonchev–Trinajstić information content (AvgIpc) is 2.55. The van der Waals surface area contributed by atoms with E-state index in [4.69, 9.17) is 9.47 Å². The van der Waals surface area contributed by atoms with Crippen molar-refractivity contribution < 1.29 is 27.8 Å². The van der Waals surface area contributed by atoms with Crippen LogP contribution >= 0.6 is 0 Å². The van der Waals surface area contributed by atoms with Gasteiger partial charge in [0.25, 0.3) is 0 Å². The zero-order chi connectivity index (χ0) is 17.6. The number of methoxy groups -OCH3 is 1. The lowest BCUT2D eigenvalue weighted by atomic mass is 9.97. The summed E-state index contributed by atoms with van der Waals surface area (Å²) in [7, 11) is 1.59. The van der Waals surface area contributed by atoms with Gasteiger partial charge in [0, 0.05) is 13.1 Å². The number of piperidine rings is 1. The lowest BCUT2D eigenvalue weighted by Gasteiger charge is -2.34. The molecule has 1 aliphatic heterocycles. The highest BCUT2D eigenvalue weighted by molar-refractivity contribution is 5.26. The fraction of sp³-hybridized carbons (Fsp3) is 0.647. The third kappa shape index (κ3) is 5.96. The van der Waals surface area contributed by atoms with Crippen molar-refractivity contribution in [1.82, 2.24) is 4.90 Å². The summed E-state index contributed by atoms with van der Waals surface area (Å²) in [5.74, 6) is -0.540. The molecule has 7 heteroatoms. The molecule has 1 aliphatic rings. The maximum atomic E-state index is 12.8. The van der Waals surface area contributed by atoms with Crippen molar-refractivity contribution in [3.05, 3.63) is 29.8 Å². The van der Waals surface area contributed by atoms with Crippen LogP contribution in [0.1, 0.15) is 18.4 Å². The van der Waals surface area contributed by atoms with Gasteiger partial charge in [0.15, 0.2) is 0 Å². The van der Waals surface area contributed by atoms with Crippen LogP contribution in [0.2, 0.25) is 0 Å². The SMILES string of the molecule is COc1ccc(COC[C@@H](O)CN2CCC[C@H](C(F)(F)F)C2)cc1. The van der Waals surface area contributed by atoms with E-state index < -0.39 is 18.2 Å². The third-order valence-corrected chi connectivity index (χ3v) is 4.18. The second-order valence-corrected chi connectivity index (χ2v) is 6.16. The molecular formula is C17H24F3NO3. The van der Waals surface area contributed by atoms with Crippen LogP contribution < -0.4 is 4.74 Å². The largest absolute Gasteiger partial charge is 0.497 e. The first-order chi connectivity index (χ1) is 11.4. The molecule has 1 N–H and O–H groups in total. The predicted molar refractivity (Wildman–Crippen MR) is 83.9 cm³/mol. The minimum Gasteiger partial charge on any atom is -0.497 e. The van der Waals surface area contributed by atoms with Gasteiger partial charge >= 0.3 is 6.18 Å². The lowest BCUT2D eigenvalue weighted by molar-refractivity contribution is -0.187. The number of aliphatic hydroxyl groups excluding tert-OH is 1. The van der Waals surface area contributed by atoms with Gasteiger partial charge in [0.2, 0.25) is 0 Å². The molecule has 0 unspecified atom stereocenters. The first kappa shape index (κ1) is 19.0. The Morgan fingerprint density at radius 1 is 1.29 bits per heavy atom. The van der Waals surface area contributed by atoms with E-state index in [1.54, 1.807) is 12.0 Å². The van der Waals surface area contributed by atoms with Gasteiger partial charge in [-0.1, -0.05) is 12.1 Å². The van der Waals surface area contributed by atoms with Crippen LogP contribution in [0.25, 0.3) is 0 Å². The number of aliphatic hydroxyl groups is 1. The van der Waals surface area contributed by atoms with Gasteiger partial charge in [-0.15, -0.1) is 0 Å². The topological polar surface area (TPSA) is 41.9 Å². The Hall–Kier alpha value is -1.31. The molecule has 0 amide bonds. The number of hydrogen-bond acceptors (Lipinski definition) is 4. The molecule has 1 saturated heterocycles. The van der Waals surface area contributed by atoms with E-state index in [9.17, 15) is 18.3 Å². The number of nitrogens with zero attached hydrogens (tertiary/aromatic N) is 1. The van der Waals surface area contributed by atoms with E-state index in [1.807, 2.05) is 24.3 Å². The van der Waals surface area contributed by atoms with Crippen molar-refractivity contribution in [2.24, 2.45) is 5.92 Å².